The first-order chi connectivity index (χ1) is 39.2. The SMILES string of the molecule is C.CN(CCCC(=O)O)C(=O)c1ccccc1C1=C2C=CC(=[N+](C)C)C=C2[Si](C)(C)c2cc(N(C)C)ccc21.CN(CCCC(=O)ON1C(=O)CCC1=O)C(=O)c1ccccc1C1=C2C=CC(=[N+](C)C)C=C2[Si](C)(C)c2cc(N(C)C)ccc21. The summed E-state index contributed by atoms with van der Waals surface area (Å²) in [6, 6.07) is 28.9. The lowest BCUT2D eigenvalue weighted by Gasteiger charge is -2.38. The second-order valence-electron chi connectivity index (χ2n) is 23.7. The van der Waals surface area contributed by atoms with E-state index in [0.29, 0.717) is 42.1 Å². The van der Waals surface area contributed by atoms with Gasteiger partial charge in [-0.3, -0.25) is 24.0 Å². The predicted molar refractivity (Wildman–Crippen MR) is 343 cm³/mol. The molecule has 3 aliphatic heterocycles. The van der Waals surface area contributed by atoms with Crippen molar-refractivity contribution in [3.05, 3.63) is 176 Å². The number of hydroxylamine groups is 2. The van der Waals surface area contributed by atoms with Gasteiger partial charge in [0.05, 0.1) is 0 Å². The van der Waals surface area contributed by atoms with Gasteiger partial charge < -0.3 is 29.5 Å². The molecule has 440 valence electrons. The van der Waals surface area contributed by atoms with Crippen LogP contribution in [0.5, 0.6) is 0 Å². The van der Waals surface area contributed by atoms with E-state index in [9.17, 15) is 28.8 Å². The fourth-order valence-electron chi connectivity index (χ4n) is 11.5. The Kier molecular flexibility index (Phi) is 19.4. The first kappa shape index (κ1) is 63.3. The second kappa shape index (κ2) is 25.7. The number of hydrogen-bond donors (Lipinski definition) is 1. The third-order valence-corrected chi connectivity index (χ3v) is 23.4. The van der Waals surface area contributed by atoms with E-state index >= 15 is 0 Å². The van der Waals surface area contributed by atoms with Gasteiger partial charge in [-0.15, -0.1) is 5.06 Å². The summed E-state index contributed by atoms with van der Waals surface area (Å²) in [4.78, 5) is 87.0. The molecule has 4 aromatic carbocycles. The summed E-state index contributed by atoms with van der Waals surface area (Å²) in [5, 5.41) is 15.0. The van der Waals surface area contributed by atoms with Crippen LogP contribution in [-0.4, -0.2) is 176 Å². The number of carbonyl (C=O) groups is 6. The largest absolute Gasteiger partial charge is 0.481 e. The maximum atomic E-state index is 14.0. The Labute approximate surface area is 498 Å². The van der Waals surface area contributed by atoms with E-state index in [2.05, 4.69) is 174 Å². The van der Waals surface area contributed by atoms with Crippen LogP contribution >= 0.6 is 0 Å². The Bertz CT molecular complexity index is 3610. The molecule has 15 nitrogen and oxygen atoms in total. The standard InChI is InChI=1S/C35H41N4O5Si.C31H37N3O3Si.CH4/c1-36(2)23-14-16-27-29(21-23)45(6,7)30-22-24(37(3)4)15-17-28(30)34(27)25-11-8-9-12-26(25)35(43)38(5)20-10-13-33(42)44-39-31(40)18-19-32(39)41;1-32(2)21-14-16-25-27(19-21)38(6,7)28-20-22(33(3)4)15-17-26(28)30(25)23-11-8-9-12-24(23)31(37)34(5)18-10-13-29(35)36;/h8-9,11-12,14-17,21-22H,10,13,18-20H2,1-7H3;8-9,11-12,14-17,19-20H,10,13,18H2,1-7H3;1H4/q+1;;/p+1. The van der Waals surface area contributed by atoms with E-state index in [1.54, 1.807) is 23.9 Å². The monoisotopic (exact) mass is 1170 g/mol. The van der Waals surface area contributed by atoms with Crippen molar-refractivity contribution in [2.45, 2.75) is 72.1 Å². The molecule has 3 heterocycles. The molecule has 2 aliphatic carbocycles. The lowest BCUT2D eigenvalue weighted by atomic mass is 9.87. The van der Waals surface area contributed by atoms with Crippen LogP contribution in [0.3, 0.4) is 0 Å². The fourth-order valence-corrected chi connectivity index (χ4v) is 17.6. The Balaban J connectivity index is 0.000000242. The highest BCUT2D eigenvalue weighted by Crippen LogP contribution is 2.45. The molecule has 0 spiro atoms. The van der Waals surface area contributed by atoms with Gasteiger partial charge in [0, 0.05) is 128 Å². The Morgan fingerprint density at radius 3 is 1.33 bits per heavy atom. The zero-order chi connectivity index (χ0) is 60.4. The number of amides is 4. The summed E-state index contributed by atoms with van der Waals surface area (Å²) in [5.41, 5.74) is 14.4. The molecule has 5 aliphatic rings. The lowest BCUT2D eigenvalue weighted by Crippen LogP contribution is -2.50. The zero-order valence-electron chi connectivity index (χ0n) is 50.6. The summed E-state index contributed by atoms with van der Waals surface area (Å²) in [6.45, 7) is 10.3. The summed E-state index contributed by atoms with van der Waals surface area (Å²) < 4.78 is 4.26. The van der Waals surface area contributed by atoms with Gasteiger partial charge in [-0.2, -0.15) is 0 Å². The number of rotatable bonds is 15. The van der Waals surface area contributed by atoms with E-state index in [-0.39, 0.29) is 44.9 Å². The number of benzene rings is 4. The molecule has 17 heteroatoms. The normalized spacial score (nSPS) is 16.0. The van der Waals surface area contributed by atoms with Crippen molar-refractivity contribution < 1.29 is 47.9 Å². The highest BCUT2D eigenvalue weighted by atomic mass is 28.3. The molecule has 0 unspecified atom stereocenters. The molecule has 1 N–H and O–H groups in total. The average Bonchev–Trinajstić information content (AvgIpc) is 1.41. The van der Waals surface area contributed by atoms with Crippen molar-refractivity contribution in [2.24, 2.45) is 0 Å². The fraction of sp³-hybridized carbons (Fsp3) is 0.343. The first-order valence-electron chi connectivity index (χ1n) is 28.2. The molecule has 1 fully saturated rings. The Morgan fingerprint density at radius 2 is 0.952 bits per heavy atom. The maximum absolute atomic E-state index is 14.0. The van der Waals surface area contributed by atoms with Crippen molar-refractivity contribution in [1.82, 2.24) is 14.9 Å². The highest BCUT2D eigenvalue weighted by Gasteiger charge is 2.43. The van der Waals surface area contributed by atoms with Gasteiger partial charge in [0.1, 0.15) is 44.3 Å². The molecule has 0 saturated carbocycles. The topological polar surface area (TPSA) is 154 Å². The van der Waals surface area contributed by atoms with Crippen LogP contribution in [-0.2, 0) is 24.0 Å². The summed E-state index contributed by atoms with van der Waals surface area (Å²) >= 11 is 0. The molecule has 0 aromatic heterocycles. The van der Waals surface area contributed by atoms with Gasteiger partial charge in [0.15, 0.2) is 11.4 Å². The number of carboxylic acids is 1. The number of fused-ring (bicyclic) bond motifs is 4. The summed E-state index contributed by atoms with van der Waals surface area (Å²) in [5.74, 6) is -2.80. The molecule has 9 rings (SSSR count). The number of aliphatic carboxylic acids is 1. The van der Waals surface area contributed by atoms with Gasteiger partial charge in [-0.25, -0.2) is 13.9 Å². The van der Waals surface area contributed by atoms with Crippen molar-refractivity contribution in [3.8, 4) is 0 Å². The van der Waals surface area contributed by atoms with Crippen LogP contribution in [0.25, 0.3) is 11.1 Å². The minimum atomic E-state index is -2.14. The highest BCUT2D eigenvalue weighted by molar-refractivity contribution is 6.98. The van der Waals surface area contributed by atoms with Crippen molar-refractivity contribution in [3.63, 3.8) is 0 Å². The van der Waals surface area contributed by atoms with Crippen molar-refractivity contribution in [2.75, 3.05) is 93.4 Å². The van der Waals surface area contributed by atoms with Crippen LogP contribution < -0.4 is 20.2 Å². The number of carbonyl (C=O) groups excluding carboxylic acids is 5. The Morgan fingerprint density at radius 1 is 0.560 bits per heavy atom. The van der Waals surface area contributed by atoms with E-state index in [1.807, 2.05) is 48.5 Å². The second-order valence-corrected chi connectivity index (χ2v) is 32.3. The van der Waals surface area contributed by atoms with Crippen LogP contribution in [0.15, 0.2) is 143 Å². The first-order valence-corrected chi connectivity index (χ1v) is 34.2. The molecular formula is C67H83N7O8Si2+2. The molecule has 0 radical (unpaired) electrons. The Hall–Kier alpha value is -8.29. The van der Waals surface area contributed by atoms with Crippen molar-refractivity contribution >= 4 is 96.0 Å². The minimum Gasteiger partial charge on any atom is -0.481 e. The third kappa shape index (κ3) is 12.8. The van der Waals surface area contributed by atoms with E-state index < -0.39 is 39.9 Å². The molecule has 0 bridgehead atoms. The summed E-state index contributed by atoms with van der Waals surface area (Å²) in [7, 11) is 15.7. The van der Waals surface area contributed by atoms with Crippen molar-refractivity contribution in [1.29, 1.82) is 0 Å². The number of anilines is 2. The van der Waals surface area contributed by atoms with Gasteiger partial charge in [0.2, 0.25) is 0 Å². The maximum Gasteiger partial charge on any atom is 0.333 e. The number of allylic oxidation sites excluding steroid dienone is 10. The summed E-state index contributed by atoms with van der Waals surface area (Å²) in [6.07, 6.45) is 14.2. The van der Waals surface area contributed by atoms with E-state index in [4.69, 9.17) is 9.94 Å². The van der Waals surface area contributed by atoms with Crippen LogP contribution in [0.1, 0.15) is 88.9 Å². The predicted octanol–water partition coefficient (Wildman–Crippen LogP) is 8.50. The number of hydrogen-bond acceptors (Lipinski definition) is 9. The lowest BCUT2D eigenvalue weighted by molar-refractivity contribution is -0.462. The molecular weight excluding hydrogens is 1090 g/mol. The van der Waals surface area contributed by atoms with Gasteiger partial charge in [0.25, 0.3) is 23.6 Å². The minimum absolute atomic E-state index is 0. The number of nitrogens with zero attached hydrogens (tertiary/aromatic N) is 7. The van der Waals surface area contributed by atoms with Crippen LogP contribution in [0.4, 0.5) is 11.4 Å². The molecule has 1 saturated heterocycles. The smallest absolute Gasteiger partial charge is 0.333 e. The van der Waals surface area contributed by atoms with Gasteiger partial charge in [-0.1, -0.05) is 82.1 Å². The van der Waals surface area contributed by atoms with E-state index in [0.717, 1.165) is 44.8 Å². The molecule has 4 aromatic rings. The van der Waals surface area contributed by atoms with Crippen LogP contribution in [0, 0.1) is 0 Å². The molecule has 0 atom stereocenters. The van der Waals surface area contributed by atoms with Gasteiger partial charge in [-0.05, 0) is 127 Å². The zero-order valence-corrected chi connectivity index (χ0v) is 52.6. The number of imide groups is 1. The molecule has 4 amide bonds. The average molecular weight is 1170 g/mol. The molecule has 84 heavy (non-hydrogen) atoms. The number of carboxylic acid groups (broad SMARTS) is 1. The third-order valence-electron chi connectivity index (χ3n) is 16.4. The quantitative estimate of drug-likeness (QED) is 0.0697. The van der Waals surface area contributed by atoms with Gasteiger partial charge >= 0.3 is 11.9 Å². The van der Waals surface area contributed by atoms with E-state index in [1.165, 1.54) is 43.3 Å². The van der Waals surface area contributed by atoms with Crippen LogP contribution in [0.2, 0.25) is 26.2 Å².